The Labute approximate surface area is 130 Å². The van der Waals surface area contributed by atoms with E-state index >= 15 is 0 Å². The predicted molar refractivity (Wildman–Crippen MR) is 78.3 cm³/mol. The van der Waals surface area contributed by atoms with Gasteiger partial charge in [0.25, 0.3) is 5.56 Å². The van der Waals surface area contributed by atoms with Crippen molar-refractivity contribution < 1.29 is 14.3 Å². The molecule has 0 radical (unpaired) electrons. The van der Waals surface area contributed by atoms with Crippen LogP contribution >= 0.6 is 0 Å². The van der Waals surface area contributed by atoms with Gasteiger partial charge in [-0.05, 0) is 13.0 Å². The number of hydrogen-bond donors (Lipinski definition) is 2. The zero-order chi connectivity index (χ0) is 16.7. The zero-order valence-electron chi connectivity index (χ0n) is 12.1. The Morgan fingerprint density at radius 2 is 2.13 bits per heavy atom. The first-order valence-corrected chi connectivity index (χ1v) is 6.73. The molecular weight excluding hydrogens is 301 g/mol. The second-order valence-electron chi connectivity index (χ2n) is 5.13. The fraction of sp³-hybridized carbons (Fsp3) is 0.125. The topological polar surface area (TPSA) is 101 Å². The second kappa shape index (κ2) is 5.18. The number of halogens is 1. The molecule has 0 saturated carbocycles. The number of allylic oxidation sites excluding steroid dienone is 1. The summed E-state index contributed by atoms with van der Waals surface area (Å²) in [4.78, 5) is 12.4. The summed E-state index contributed by atoms with van der Waals surface area (Å²) in [5, 5.41) is 19.2. The Kier molecular flexibility index (Phi) is 3.30. The van der Waals surface area contributed by atoms with Crippen LogP contribution in [0.1, 0.15) is 22.7 Å². The number of fused-ring (bicyclic) bond motifs is 1. The molecule has 0 unspecified atom stereocenters. The van der Waals surface area contributed by atoms with Crippen LogP contribution in [0.25, 0.3) is 0 Å². The maximum absolute atomic E-state index is 14.2. The molecule has 1 aliphatic rings. The lowest BCUT2D eigenvalue weighted by atomic mass is 9.84. The van der Waals surface area contributed by atoms with Crippen molar-refractivity contribution in [2.45, 2.75) is 12.8 Å². The van der Waals surface area contributed by atoms with E-state index in [1.54, 1.807) is 6.07 Å². The van der Waals surface area contributed by atoms with Gasteiger partial charge in [0, 0.05) is 11.6 Å². The normalized spacial score (nSPS) is 16.5. The maximum Gasteiger partial charge on any atom is 0.291 e. The van der Waals surface area contributed by atoms with Crippen LogP contribution in [0.4, 0.5) is 4.39 Å². The van der Waals surface area contributed by atoms with Gasteiger partial charge in [-0.25, -0.2) is 4.39 Å². The number of pyridine rings is 1. The molecule has 3 rings (SSSR count). The van der Waals surface area contributed by atoms with Crippen molar-refractivity contribution in [1.82, 2.24) is 4.73 Å². The van der Waals surface area contributed by atoms with Crippen LogP contribution in [-0.4, -0.2) is 9.94 Å². The molecule has 1 atom stereocenters. The van der Waals surface area contributed by atoms with E-state index in [1.807, 2.05) is 6.07 Å². The van der Waals surface area contributed by atoms with Crippen LogP contribution in [-0.2, 0) is 0 Å². The SMILES string of the molecule is Cc1cc2c(c(=O)n1O)[C@H](c1ccccc1F)C(C#N)=C(N)O2. The van der Waals surface area contributed by atoms with E-state index in [2.05, 4.69) is 0 Å². The fourth-order valence-electron chi connectivity index (χ4n) is 2.66. The quantitative estimate of drug-likeness (QED) is 0.781. The van der Waals surface area contributed by atoms with Crippen LogP contribution in [0.2, 0.25) is 0 Å². The fourth-order valence-corrected chi connectivity index (χ4v) is 2.66. The second-order valence-corrected chi connectivity index (χ2v) is 5.13. The lowest BCUT2D eigenvalue weighted by molar-refractivity contribution is 0.165. The molecule has 0 saturated heterocycles. The molecule has 0 spiro atoms. The summed E-state index contributed by atoms with van der Waals surface area (Å²) >= 11 is 0. The smallest absolute Gasteiger partial charge is 0.291 e. The van der Waals surface area contributed by atoms with Crippen molar-refractivity contribution in [2.24, 2.45) is 5.73 Å². The van der Waals surface area contributed by atoms with Gasteiger partial charge in [0.05, 0.1) is 17.2 Å². The molecule has 2 heterocycles. The number of nitriles is 1. The van der Waals surface area contributed by atoms with Crippen LogP contribution in [0.15, 0.2) is 46.6 Å². The van der Waals surface area contributed by atoms with Crippen LogP contribution in [0, 0.1) is 24.1 Å². The molecule has 7 heteroatoms. The number of rotatable bonds is 1. The van der Waals surface area contributed by atoms with Gasteiger partial charge in [0.1, 0.15) is 23.2 Å². The largest absolute Gasteiger partial charge is 0.440 e. The standard InChI is InChI=1S/C16H12FN3O3/c1-8-6-12-14(16(21)20(8)22)13(10(7-18)15(19)23-12)9-4-2-3-5-11(9)17/h2-6,13,22H,19H2,1H3/t13-/m1/s1. The monoisotopic (exact) mass is 313 g/mol. The third kappa shape index (κ3) is 2.12. The molecule has 1 aromatic heterocycles. The number of aromatic nitrogens is 1. The predicted octanol–water partition coefficient (Wildman–Crippen LogP) is 1.75. The Bertz CT molecular complexity index is 941. The minimum Gasteiger partial charge on any atom is -0.440 e. The van der Waals surface area contributed by atoms with Gasteiger partial charge in [0.15, 0.2) is 0 Å². The van der Waals surface area contributed by atoms with Gasteiger partial charge >= 0.3 is 0 Å². The summed E-state index contributed by atoms with van der Waals surface area (Å²) < 4.78 is 20.0. The molecule has 6 nitrogen and oxygen atoms in total. The van der Waals surface area contributed by atoms with Gasteiger partial charge in [-0.2, -0.15) is 9.99 Å². The molecule has 1 aliphatic heterocycles. The van der Waals surface area contributed by atoms with Crippen molar-refractivity contribution in [3.8, 4) is 11.8 Å². The van der Waals surface area contributed by atoms with Gasteiger partial charge in [-0.15, -0.1) is 0 Å². The van der Waals surface area contributed by atoms with Crippen LogP contribution < -0.4 is 16.0 Å². The Morgan fingerprint density at radius 1 is 1.43 bits per heavy atom. The summed E-state index contributed by atoms with van der Waals surface area (Å²) in [6, 6.07) is 9.04. The van der Waals surface area contributed by atoms with E-state index in [9.17, 15) is 19.7 Å². The van der Waals surface area contributed by atoms with E-state index in [0.29, 0.717) is 4.73 Å². The third-order valence-corrected chi connectivity index (χ3v) is 3.76. The third-order valence-electron chi connectivity index (χ3n) is 3.76. The number of nitrogens with zero attached hydrogens (tertiary/aromatic N) is 2. The van der Waals surface area contributed by atoms with E-state index in [0.717, 1.165) is 0 Å². The average molecular weight is 313 g/mol. The highest BCUT2D eigenvalue weighted by atomic mass is 19.1. The minimum absolute atomic E-state index is 0.0334. The number of ether oxygens (including phenoxy) is 1. The summed E-state index contributed by atoms with van der Waals surface area (Å²) in [5.74, 6) is -1.72. The van der Waals surface area contributed by atoms with Gasteiger partial charge in [0.2, 0.25) is 5.88 Å². The molecule has 0 fully saturated rings. The molecule has 0 aliphatic carbocycles. The molecular formula is C16H12FN3O3. The first-order chi connectivity index (χ1) is 11.0. The Balaban J connectivity index is 2.39. The highest BCUT2D eigenvalue weighted by molar-refractivity contribution is 5.55. The summed E-state index contributed by atoms with van der Waals surface area (Å²) in [6.45, 7) is 1.50. The van der Waals surface area contributed by atoms with Crippen LogP contribution in [0.5, 0.6) is 5.75 Å². The van der Waals surface area contributed by atoms with Crippen molar-refractivity contribution in [1.29, 1.82) is 5.26 Å². The van der Waals surface area contributed by atoms with Crippen molar-refractivity contribution in [2.75, 3.05) is 0 Å². The Morgan fingerprint density at radius 3 is 2.78 bits per heavy atom. The summed E-state index contributed by atoms with van der Waals surface area (Å²) in [6.07, 6.45) is 0. The molecule has 3 N–H and O–H groups in total. The van der Waals surface area contributed by atoms with E-state index in [4.69, 9.17) is 10.5 Å². The molecule has 1 aromatic carbocycles. The molecule has 0 amide bonds. The van der Waals surface area contributed by atoms with Gasteiger partial charge in [-0.1, -0.05) is 18.2 Å². The number of nitrogens with two attached hydrogens (primary N) is 1. The van der Waals surface area contributed by atoms with E-state index < -0.39 is 17.3 Å². The van der Waals surface area contributed by atoms with E-state index in [-0.39, 0.29) is 34.0 Å². The zero-order valence-corrected chi connectivity index (χ0v) is 12.1. The Hall–Kier alpha value is -3.27. The van der Waals surface area contributed by atoms with Gasteiger partial charge < -0.3 is 15.7 Å². The minimum atomic E-state index is -1.04. The molecule has 23 heavy (non-hydrogen) atoms. The molecule has 0 bridgehead atoms. The van der Waals surface area contributed by atoms with Crippen molar-refractivity contribution >= 4 is 0 Å². The number of hydrogen-bond acceptors (Lipinski definition) is 5. The lowest BCUT2D eigenvalue weighted by Crippen LogP contribution is -2.32. The highest BCUT2D eigenvalue weighted by Crippen LogP contribution is 2.41. The molecule has 116 valence electrons. The van der Waals surface area contributed by atoms with Crippen molar-refractivity contribution in [3.63, 3.8) is 0 Å². The number of aryl methyl sites for hydroxylation is 1. The van der Waals surface area contributed by atoms with E-state index in [1.165, 1.54) is 31.2 Å². The average Bonchev–Trinajstić information content (AvgIpc) is 2.52. The lowest BCUT2D eigenvalue weighted by Gasteiger charge is -2.26. The summed E-state index contributed by atoms with van der Waals surface area (Å²) in [5.41, 5.74) is 5.20. The first-order valence-electron chi connectivity index (χ1n) is 6.73. The molecule has 2 aromatic rings. The maximum atomic E-state index is 14.2. The highest BCUT2D eigenvalue weighted by Gasteiger charge is 2.35. The first kappa shape index (κ1) is 14.7. The number of benzene rings is 1. The summed E-state index contributed by atoms with van der Waals surface area (Å²) in [7, 11) is 0. The van der Waals surface area contributed by atoms with Crippen LogP contribution in [0.3, 0.4) is 0 Å². The van der Waals surface area contributed by atoms with Crippen molar-refractivity contribution in [3.05, 3.63) is 74.8 Å². The van der Waals surface area contributed by atoms with Gasteiger partial charge in [-0.3, -0.25) is 4.79 Å².